The van der Waals surface area contributed by atoms with Gasteiger partial charge in [-0.05, 0) is 29.8 Å². The first kappa shape index (κ1) is 15.0. The van der Waals surface area contributed by atoms with E-state index < -0.39 is 0 Å². The monoisotopic (exact) mass is 310 g/mol. The van der Waals surface area contributed by atoms with Crippen molar-refractivity contribution in [3.05, 3.63) is 72.2 Å². The van der Waals surface area contributed by atoms with E-state index in [-0.39, 0.29) is 18.3 Å². The van der Waals surface area contributed by atoms with Crippen LogP contribution in [0.5, 0.6) is 5.75 Å². The molecule has 0 saturated carbocycles. The minimum atomic E-state index is -0.299. The largest absolute Gasteiger partial charge is 0.481 e. The van der Waals surface area contributed by atoms with Crippen LogP contribution in [0.25, 0.3) is 10.9 Å². The molecule has 1 heterocycles. The number of amides is 1. The van der Waals surface area contributed by atoms with Crippen LogP contribution in [0.2, 0.25) is 0 Å². The van der Waals surface area contributed by atoms with E-state index in [0.717, 1.165) is 16.5 Å². The maximum atomic E-state index is 12.8. The molecule has 0 bridgehead atoms. The zero-order valence-corrected chi connectivity index (χ0v) is 12.3. The van der Waals surface area contributed by atoms with Crippen molar-refractivity contribution in [3.8, 4) is 5.75 Å². The number of ether oxygens (including phenoxy) is 1. The second-order valence-electron chi connectivity index (χ2n) is 5.02. The molecule has 0 spiro atoms. The van der Waals surface area contributed by atoms with Crippen molar-refractivity contribution in [1.82, 2.24) is 10.3 Å². The Morgan fingerprint density at radius 3 is 2.70 bits per heavy atom. The maximum Gasteiger partial charge on any atom is 0.258 e. The summed E-state index contributed by atoms with van der Waals surface area (Å²) in [5.74, 6) is 0.0224. The minimum Gasteiger partial charge on any atom is -0.481 e. The number of nitrogens with one attached hydrogen (secondary N) is 1. The highest BCUT2D eigenvalue weighted by atomic mass is 19.1. The predicted molar refractivity (Wildman–Crippen MR) is 85.5 cm³/mol. The van der Waals surface area contributed by atoms with Crippen LogP contribution < -0.4 is 10.1 Å². The summed E-state index contributed by atoms with van der Waals surface area (Å²) in [6.07, 6.45) is 1.68. The van der Waals surface area contributed by atoms with Gasteiger partial charge in [-0.1, -0.05) is 30.3 Å². The second-order valence-corrected chi connectivity index (χ2v) is 5.02. The number of carbonyl (C=O) groups excluding carboxylic acids is 1. The summed E-state index contributed by atoms with van der Waals surface area (Å²) in [5, 5.41) is 3.69. The Kier molecular flexibility index (Phi) is 4.47. The van der Waals surface area contributed by atoms with Crippen LogP contribution in [0.15, 0.2) is 60.8 Å². The lowest BCUT2D eigenvalue weighted by Gasteiger charge is -2.09. The number of fused-ring (bicyclic) bond motifs is 1. The van der Waals surface area contributed by atoms with Gasteiger partial charge in [0.2, 0.25) is 0 Å². The molecular formula is C18H15FN2O2. The van der Waals surface area contributed by atoms with Crippen LogP contribution in [0, 0.1) is 5.82 Å². The third-order valence-electron chi connectivity index (χ3n) is 3.36. The summed E-state index contributed by atoms with van der Waals surface area (Å²) in [6.45, 7) is 0.229. The SMILES string of the molecule is O=C(COc1cccc2cccnc12)NCc1ccc(F)cc1. The number of benzene rings is 2. The molecule has 0 aliphatic carbocycles. The molecule has 3 rings (SSSR count). The van der Waals surface area contributed by atoms with E-state index in [1.807, 2.05) is 24.3 Å². The molecule has 5 heteroatoms. The summed E-state index contributed by atoms with van der Waals surface area (Å²) >= 11 is 0. The predicted octanol–water partition coefficient (Wildman–Crippen LogP) is 3.07. The first-order valence-electron chi connectivity index (χ1n) is 7.20. The number of aromatic nitrogens is 1. The summed E-state index contributed by atoms with van der Waals surface area (Å²) in [6, 6.07) is 15.3. The van der Waals surface area contributed by atoms with Gasteiger partial charge in [-0.2, -0.15) is 0 Å². The lowest BCUT2D eigenvalue weighted by atomic mass is 10.2. The van der Waals surface area contributed by atoms with Crippen molar-refractivity contribution in [2.45, 2.75) is 6.54 Å². The Bertz CT molecular complexity index is 813. The number of carbonyl (C=O) groups is 1. The molecule has 2 aromatic carbocycles. The molecule has 1 amide bonds. The Labute approximate surface area is 132 Å². The van der Waals surface area contributed by atoms with Gasteiger partial charge in [0.1, 0.15) is 17.1 Å². The van der Waals surface area contributed by atoms with Crippen molar-refractivity contribution >= 4 is 16.8 Å². The van der Waals surface area contributed by atoms with Gasteiger partial charge in [-0.25, -0.2) is 4.39 Å². The first-order chi connectivity index (χ1) is 11.2. The number of hydrogen-bond donors (Lipinski definition) is 1. The number of para-hydroxylation sites is 1. The lowest BCUT2D eigenvalue weighted by Crippen LogP contribution is -2.28. The van der Waals surface area contributed by atoms with Crippen molar-refractivity contribution in [2.75, 3.05) is 6.61 Å². The van der Waals surface area contributed by atoms with E-state index in [1.54, 1.807) is 24.4 Å². The van der Waals surface area contributed by atoms with Gasteiger partial charge in [0.05, 0.1) is 0 Å². The van der Waals surface area contributed by atoms with Crippen molar-refractivity contribution in [2.24, 2.45) is 0 Å². The highest BCUT2D eigenvalue weighted by molar-refractivity contribution is 5.85. The van der Waals surface area contributed by atoms with Crippen molar-refractivity contribution in [1.29, 1.82) is 0 Å². The Hall–Kier alpha value is -2.95. The highest BCUT2D eigenvalue weighted by Crippen LogP contribution is 2.22. The summed E-state index contributed by atoms with van der Waals surface area (Å²) < 4.78 is 18.4. The highest BCUT2D eigenvalue weighted by Gasteiger charge is 2.06. The lowest BCUT2D eigenvalue weighted by molar-refractivity contribution is -0.123. The average molecular weight is 310 g/mol. The fraction of sp³-hybridized carbons (Fsp3) is 0.111. The van der Waals surface area contributed by atoms with E-state index in [0.29, 0.717) is 12.3 Å². The molecule has 116 valence electrons. The van der Waals surface area contributed by atoms with Crippen molar-refractivity contribution in [3.63, 3.8) is 0 Å². The topological polar surface area (TPSA) is 51.2 Å². The molecule has 0 atom stereocenters. The smallest absolute Gasteiger partial charge is 0.258 e. The van der Waals surface area contributed by atoms with E-state index >= 15 is 0 Å². The number of halogens is 1. The van der Waals surface area contributed by atoms with Crippen LogP contribution >= 0.6 is 0 Å². The second kappa shape index (κ2) is 6.87. The van der Waals surface area contributed by atoms with Gasteiger partial charge < -0.3 is 10.1 Å². The molecule has 0 aliphatic rings. The van der Waals surface area contributed by atoms with Gasteiger partial charge in [0, 0.05) is 18.1 Å². The molecule has 4 nitrogen and oxygen atoms in total. The van der Waals surface area contributed by atoms with Crippen LogP contribution in [0.3, 0.4) is 0 Å². The maximum absolute atomic E-state index is 12.8. The van der Waals surface area contributed by atoms with Crippen LogP contribution in [0.1, 0.15) is 5.56 Å². The van der Waals surface area contributed by atoms with E-state index in [1.165, 1.54) is 12.1 Å². The molecular weight excluding hydrogens is 295 g/mol. The minimum absolute atomic E-state index is 0.100. The zero-order valence-electron chi connectivity index (χ0n) is 12.3. The van der Waals surface area contributed by atoms with E-state index in [2.05, 4.69) is 10.3 Å². The molecule has 3 aromatic rings. The van der Waals surface area contributed by atoms with Gasteiger partial charge >= 0.3 is 0 Å². The molecule has 23 heavy (non-hydrogen) atoms. The number of pyridine rings is 1. The summed E-state index contributed by atoms with van der Waals surface area (Å²) in [7, 11) is 0. The van der Waals surface area contributed by atoms with Crippen LogP contribution in [0.4, 0.5) is 4.39 Å². The fourth-order valence-electron chi connectivity index (χ4n) is 2.19. The fourth-order valence-corrected chi connectivity index (χ4v) is 2.19. The third kappa shape index (κ3) is 3.83. The van der Waals surface area contributed by atoms with E-state index in [9.17, 15) is 9.18 Å². The molecule has 1 aromatic heterocycles. The summed E-state index contributed by atoms with van der Waals surface area (Å²) in [4.78, 5) is 16.1. The molecule has 0 unspecified atom stereocenters. The van der Waals surface area contributed by atoms with Gasteiger partial charge in [-0.3, -0.25) is 9.78 Å². The van der Waals surface area contributed by atoms with Crippen molar-refractivity contribution < 1.29 is 13.9 Å². The first-order valence-corrected chi connectivity index (χ1v) is 7.20. The van der Waals surface area contributed by atoms with Gasteiger partial charge in [0.15, 0.2) is 6.61 Å². The van der Waals surface area contributed by atoms with E-state index in [4.69, 9.17) is 4.74 Å². The molecule has 0 aliphatic heterocycles. The number of rotatable bonds is 5. The van der Waals surface area contributed by atoms with Gasteiger partial charge in [-0.15, -0.1) is 0 Å². The normalized spacial score (nSPS) is 10.5. The molecule has 1 N–H and O–H groups in total. The quantitative estimate of drug-likeness (QED) is 0.788. The third-order valence-corrected chi connectivity index (χ3v) is 3.36. The van der Waals surface area contributed by atoms with Gasteiger partial charge in [0.25, 0.3) is 5.91 Å². The molecule has 0 fully saturated rings. The summed E-state index contributed by atoms with van der Waals surface area (Å²) in [5.41, 5.74) is 1.55. The zero-order chi connectivity index (χ0) is 16.1. The number of nitrogens with zero attached hydrogens (tertiary/aromatic N) is 1. The Morgan fingerprint density at radius 2 is 1.87 bits per heavy atom. The molecule has 0 saturated heterocycles. The number of hydrogen-bond acceptors (Lipinski definition) is 3. The van der Waals surface area contributed by atoms with Crippen LogP contribution in [-0.2, 0) is 11.3 Å². The Balaban J connectivity index is 1.57. The molecule has 0 radical (unpaired) electrons. The van der Waals surface area contributed by atoms with Crippen LogP contribution in [-0.4, -0.2) is 17.5 Å². The average Bonchev–Trinajstić information content (AvgIpc) is 2.59. The Morgan fingerprint density at radius 1 is 1.09 bits per heavy atom. The standard InChI is InChI=1S/C18H15FN2O2/c19-15-8-6-13(7-9-15)11-21-17(22)12-23-16-5-1-3-14-4-2-10-20-18(14)16/h1-10H,11-12H2,(H,21,22).